The van der Waals surface area contributed by atoms with Crippen molar-refractivity contribution < 1.29 is 31.1 Å². The SMILES string of the molecule is C/C=C/N=C(/C(F)=C/n1c(C)cc(C2C(c3cnn(C(F)F)c3)[C@H]2C)c(Cl)c1=O)c1cccc(C(=O)N2CC(F)(F)C2)c1F. The molecule has 1 aromatic carbocycles. The maximum absolute atomic E-state index is 15.9. The van der Waals surface area contributed by atoms with Crippen molar-refractivity contribution in [3.05, 3.63) is 104 Å². The van der Waals surface area contributed by atoms with E-state index in [1.54, 1.807) is 13.0 Å². The number of allylic oxidation sites excluding steroid dienone is 2. The molecule has 0 spiro atoms. The second-order valence-corrected chi connectivity index (χ2v) is 11.2. The molecule has 5 rings (SSSR count). The minimum atomic E-state index is -3.06. The first-order valence-electron chi connectivity index (χ1n) is 13.5. The minimum Gasteiger partial charge on any atom is -0.326 e. The molecule has 0 radical (unpaired) electrons. The lowest BCUT2D eigenvalue weighted by atomic mass is 10.0. The van der Waals surface area contributed by atoms with Crippen molar-refractivity contribution in [2.75, 3.05) is 13.1 Å². The smallest absolute Gasteiger partial charge is 0.326 e. The Hall–Kier alpha value is -4.13. The summed E-state index contributed by atoms with van der Waals surface area (Å²) in [7, 11) is 0. The van der Waals surface area contributed by atoms with Crippen molar-refractivity contribution in [2.45, 2.75) is 45.1 Å². The van der Waals surface area contributed by atoms with E-state index in [-0.39, 0.29) is 28.5 Å². The zero-order chi connectivity index (χ0) is 32.1. The fourth-order valence-corrected chi connectivity index (χ4v) is 5.79. The summed E-state index contributed by atoms with van der Waals surface area (Å²) in [5, 5.41) is 3.48. The number of hydrogen-bond acceptors (Lipinski definition) is 4. The Labute approximate surface area is 252 Å². The predicted octanol–water partition coefficient (Wildman–Crippen LogP) is 6.94. The second-order valence-electron chi connectivity index (χ2n) is 10.8. The maximum Gasteiger partial charge on any atom is 0.333 e. The normalized spacial score (nSPS) is 21.7. The molecule has 3 aromatic rings. The summed E-state index contributed by atoms with van der Waals surface area (Å²) in [5.74, 6) is -6.86. The molecule has 1 saturated heterocycles. The number of pyridine rings is 1. The van der Waals surface area contributed by atoms with Crippen molar-refractivity contribution in [1.29, 1.82) is 0 Å². The van der Waals surface area contributed by atoms with Crippen molar-refractivity contribution in [1.82, 2.24) is 19.2 Å². The molecule has 7 nitrogen and oxygen atoms in total. The van der Waals surface area contributed by atoms with E-state index < -0.39 is 65.5 Å². The van der Waals surface area contributed by atoms with Gasteiger partial charge in [0.1, 0.15) is 16.6 Å². The third-order valence-corrected chi connectivity index (χ3v) is 8.17. The van der Waals surface area contributed by atoms with Crippen LogP contribution in [0.4, 0.5) is 26.3 Å². The number of benzene rings is 1. The number of hydrogen-bond donors (Lipinski definition) is 0. The molecule has 0 bridgehead atoms. The number of amides is 1. The lowest BCUT2D eigenvalue weighted by Crippen LogP contribution is -2.58. The Kier molecular flexibility index (Phi) is 8.36. The summed E-state index contributed by atoms with van der Waals surface area (Å²) in [5.41, 5.74) is -0.970. The number of nitrogens with zero attached hydrogens (tertiary/aromatic N) is 5. The molecule has 2 aromatic heterocycles. The molecule has 232 valence electrons. The summed E-state index contributed by atoms with van der Waals surface area (Å²) >= 11 is 6.47. The number of carbonyl (C=O) groups excluding carboxylic acids is 1. The number of likely N-dealkylation sites (tertiary alicyclic amines) is 1. The lowest BCUT2D eigenvalue weighted by molar-refractivity contribution is -0.113. The van der Waals surface area contributed by atoms with E-state index in [1.165, 1.54) is 43.7 Å². The Morgan fingerprint density at radius 3 is 2.50 bits per heavy atom. The third-order valence-electron chi connectivity index (χ3n) is 7.79. The molecular weight excluding hydrogens is 612 g/mol. The van der Waals surface area contributed by atoms with Crippen LogP contribution in [0.5, 0.6) is 0 Å². The van der Waals surface area contributed by atoms with Crippen molar-refractivity contribution in [3.63, 3.8) is 0 Å². The number of alkyl halides is 4. The van der Waals surface area contributed by atoms with Gasteiger partial charge < -0.3 is 4.90 Å². The molecular formula is C30H26ClF6N5O2. The number of aryl methyl sites for hydroxylation is 1. The zero-order valence-electron chi connectivity index (χ0n) is 23.6. The van der Waals surface area contributed by atoms with Crippen LogP contribution < -0.4 is 5.56 Å². The fraction of sp³-hybridized carbons (Fsp3) is 0.333. The monoisotopic (exact) mass is 637 g/mol. The van der Waals surface area contributed by atoms with Crippen LogP contribution in [0.25, 0.3) is 6.20 Å². The minimum absolute atomic E-state index is 0.0373. The predicted molar refractivity (Wildman–Crippen MR) is 153 cm³/mol. The van der Waals surface area contributed by atoms with Crippen LogP contribution in [0.2, 0.25) is 5.02 Å². The molecule has 2 unspecified atom stereocenters. The highest BCUT2D eigenvalue weighted by atomic mass is 35.5. The Morgan fingerprint density at radius 2 is 1.89 bits per heavy atom. The number of rotatable bonds is 8. The van der Waals surface area contributed by atoms with Gasteiger partial charge in [-0.3, -0.25) is 19.1 Å². The van der Waals surface area contributed by atoms with Gasteiger partial charge in [0.25, 0.3) is 17.4 Å². The van der Waals surface area contributed by atoms with E-state index in [4.69, 9.17) is 11.6 Å². The molecule has 1 aliphatic carbocycles. The largest absolute Gasteiger partial charge is 0.333 e. The zero-order valence-corrected chi connectivity index (χ0v) is 24.4. The molecule has 1 saturated carbocycles. The topological polar surface area (TPSA) is 72.5 Å². The quantitative estimate of drug-likeness (QED) is 0.198. The molecule has 14 heteroatoms. The molecule has 1 aliphatic heterocycles. The maximum atomic E-state index is 15.9. The highest BCUT2D eigenvalue weighted by Gasteiger charge is 2.50. The van der Waals surface area contributed by atoms with Crippen molar-refractivity contribution >= 4 is 29.4 Å². The first-order chi connectivity index (χ1) is 20.8. The summed E-state index contributed by atoms with van der Waals surface area (Å²) in [6.45, 7) is 0.494. The van der Waals surface area contributed by atoms with Crippen LogP contribution in [0.15, 0.2) is 64.5 Å². The molecule has 1 amide bonds. The Balaban J connectivity index is 1.48. The number of aromatic nitrogens is 3. The van der Waals surface area contributed by atoms with Crippen molar-refractivity contribution in [3.8, 4) is 0 Å². The van der Waals surface area contributed by atoms with E-state index in [0.717, 1.165) is 21.7 Å². The summed E-state index contributed by atoms with van der Waals surface area (Å²) in [4.78, 5) is 30.8. The Bertz CT molecular complexity index is 1770. The first-order valence-corrected chi connectivity index (χ1v) is 13.9. The molecule has 3 atom stereocenters. The van der Waals surface area contributed by atoms with E-state index in [9.17, 15) is 27.2 Å². The Morgan fingerprint density at radius 1 is 1.20 bits per heavy atom. The highest BCUT2D eigenvalue weighted by Crippen LogP contribution is 2.61. The average molecular weight is 638 g/mol. The third kappa shape index (κ3) is 5.72. The van der Waals surface area contributed by atoms with Crippen LogP contribution in [-0.4, -0.2) is 49.9 Å². The second kappa shape index (κ2) is 11.8. The average Bonchev–Trinajstić information content (AvgIpc) is 3.36. The molecule has 2 fully saturated rings. The van der Waals surface area contributed by atoms with E-state index >= 15 is 8.78 Å². The number of aliphatic imine (C=N–C) groups is 1. The first kappa shape index (κ1) is 31.3. The van der Waals surface area contributed by atoms with E-state index in [2.05, 4.69) is 10.1 Å². The van der Waals surface area contributed by atoms with Crippen molar-refractivity contribution in [2.24, 2.45) is 10.9 Å². The standard InChI is InChI=1S/C30H26ClF6N5O2/c1-4-8-38-26(18-6-5-7-19(25(18)33)27(43)40-13-30(36,37)14-40)21(32)12-41-15(2)9-20(24(31)28(41)44)23-16(3)22(23)17-10-39-42(11-17)29(34)35/h4-12,16,22-23,29H,13-14H2,1-3H3/b8-4+,21-12-,38-26+/t16-,22?,23?/m1/s1. The van der Waals surface area contributed by atoms with E-state index in [0.29, 0.717) is 15.8 Å². The van der Waals surface area contributed by atoms with Gasteiger partial charge in [-0.2, -0.15) is 13.9 Å². The molecule has 2 aliphatic rings. The summed E-state index contributed by atoms with van der Waals surface area (Å²) in [6.07, 6.45) is 6.02. The highest BCUT2D eigenvalue weighted by molar-refractivity contribution is 6.31. The van der Waals surface area contributed by atoms with E-state index in [1.807, 2.05) is 6.92 Å². The summed E-state index contributed by atoms with van der Waals surface area (Å²) < 4.78 is 85.5. The van der Waals surface area contributed by atoms with Gasteiger partial charge in [-0.15, -0.1) is 0 Å². The molecule has 0 N–H and O–H groups in total. The lowest BCUT2D eigenvalue weighted by Gasteiger charge is -2.38. The van der Waals surface area contributed by atoms with Crippen LogP contribution in [0.3, 0.4) is 0 Å². The van der Waals surface area contributed by atoms with Gasteiger partial charge in [-0.05, 0) is 60.9 Å². The summed E-state index contributed by atoms with van der Waals surface area (Å²) in [6, 6.07) is 5.13. The molecule has 3 heterocycles. The number of carbonyl (C=O) groups is 1. The van der Waals surface area contributed by atoms with Crippen LogP contribution in [0.1, 0.15) is 65.0 Å². The number of halogens is 7. The van der Waals surface area contributed by atoms with Crippen LogP contribution in [0, 0.1) is 18.7 Å². The van der Waals surface area contributed by atoms with Crippen LogP contribution in [-0.2, 0) is 0 Å². The van der Waals surface area contributed by atoms with Gasteiger partial charge in [0.05, 0.1) is 31.0 Å². The van der Waals surface area contributed by atoms with Crippen LogP contribution >= 0.6 is 11.6 Å². The van der Waals surface area contributed by atoms with Gasteiger partial charge in [-0.25, -0.2) is 22.2 Å². The van der Waals surface area contributed by atoms with Gasteiger partial charge in [-0.1, -0.05) is 30.7 Å². The van der Waals surface area contributed by atoms with Gasteiger partial charge in [0, 0.05) is 23.7 Å². The van der Waals surface area contributed by atoms with Gasteiger partial charge >= 0.3 is 6.55 Å². The fourth-order valence-electron chi connectivity index (χ4n) is 5.52. The molecule has 44 heavy (non-hydrogen) atoms. The van der Waals surface area contributed by atoms with Gasteiger partial charge in [0.2, 0.25) is 0 Å². The van der Waals surface area contributed by atoms with Gasteiger partial charge in [0.15, 0.2) is 5.83 Å².